The molecule has 1 atom stereocenters. The second kappa shape index (κ2) is 4.36. The molecule has 1 unspecified atom stereocenters. The smallest absolute Gasteiger partial charge is 0.193 e. The van der Waals surface area contributed by atoms with Crippen molar-refractivity contribution in [3.8, 4) is 5.75 Å². The van der Waals surface area contributed by atoms with Crippen molar-refractivity contribution in [3.63, 3.8) is 0 Å². The van der Waals surface area contributed by atoms with Gasteiger partial charge in [-0.1, -0.05) is 18.2 Å². The van der Waals surface area contributed by atoms with Gasteiger partial charge in [0.2, 0.25) is 0 Å². The summed E-state index contributed by atoms with van der Waals surface area (Å²) < 4.78 is 7.71. The van der Waals surface area contributed by atoms with Gasteiger partial charge in [0.05, 0.1) is 11.7 Å². The first-order valence-electron chi connectivity index (χ1n) is 6.26. The largest absolute Gasteiger partial charge is 0.491 e. The average Bonchev–Trinajstić information content (AvgIpc) is 3.10. The molecule has 0 aliphatic carbocycles. The molecule has 0 spiro atoms. The van der Waals surface area contributed by atoms with E-state index in [0.29, 0.717) is 6.61 Å². The Morgan fingerprint density at radius 1 is 1.42 bits per heavy atom. The van der Waals surface area contributed by atoms with E-state index in [2.05, 4.69) is 33.0 Å². The lowest BCUT2D eigenvalue weighted by atomic mass is 10.1. The quantitative estimate of drug-likeness (QED) is 0.796. The van der Waals surface area contributed by atoms with Crippen molar-refractivity contribution in [2.75, 3.05) is 6.61 Å². The van der Waals surface area contributed by atoms with Gasteiger partial charge in [-0.15, -0.1) is 11.3 Å². The molecule has 19 heavy (non-hydrogen) atoms. The van der Waals surface area contributed by atoms with E-state index in [1.54, 1.807) is 11.3 Å². The van der Waals surface area contributed by atoms with Crippen molar-refractivity contribution in [3.05, 3.63) is 53.3 Å². The zero-order valence-corrected chi connectivity index (χ0v) is 11.1. The van der Waals surface area contributed by atoms with Crippen LogP contribution in [0.5, 0.6) is 5.75 Å². The van der Waals surface area contributed by atoms with Gasteiger partial charge in [0, 0.05) is 29.9 Å². The standard InChI is InChI=1S/C14H13N3OS/c1-2-4-13-11(3-1)12(9-18-13)15-7-10-8-17-5-6-19-14(17)16-10/h1-6,8,12,15H,7,9H2. The van der Waals surface area contributed by atoms with E-state index in [1.165, 1.54) is 5.56 Å². The number of nitrogens with one attached hydrogen (secondary N) is 1. The lowest BCUT2D eigenvalue weighted by molar-refractivity contribution is 0.310. The van der Waals surface area contributed by atoms with Crippen LogP contribution in [0.4, 0.5) is 0 Å². The number of aromatic nitrogens is 2. The molecule has 0 bridgehead atoms. The molecule has 1 N–H and O–H groups in total. The molecular weight excluding hydrogens is 258 g/mol. The molecule has 5 heteroatoms. The average molecular weight is 271 g/mol. The fourth-order valence-corrected chi connectivity index (χ4v) is 3.14. The monoisotopic (exact) mass is 271 g/mol. The Bertz CT molecular complexity index is 690. The highest BCUT2D eigenvalue weighted by Crippen LogP contribution is 2.31. The molecule has 0 saturated heterocycles. The summed E-state index contributed by atoms with van der Waals surface area (Å²) in [6, 6.07) is 8.45. The third kappa shape index (κ3) is 1.91. The van der Waals surface area contributed by atoms with Crippen molar-refractivity contribution in [1.29, 1.82) is 0 Å². The van der Waals surface area contributed by atoms with E-state index in [9.17, 15) is 0 Å². The summed E-state index contributed by atoms with van der Waals surface area (Å²) in [7, 11) is 0. The molecule has 96 valence electrons. The summed E-state index contributed by atoms with van der Waals surface area (Å²) in [5.74, 6) is 0.992. The number of para-hydroxylation sites is 1. The van der Waals surface area contributed by atoms with Crippen LogP contribution < -0.4 is 10.1 Å². The Kier molecular flexibility index (Phi) is 2.53. The first-order valence-corrected chi connectivity index (χ1v) is 7.14. The molecule has 4 rings (SSSR count). The number of ether oxygens (including phenoxy) is 1. The van der Waals surface area contributed by atoms with Crippen LogP contribution in [0, 0.1) is 0 Å². The maximum Gasteiger partial charge on any atom is 0.193 e. The second-order valence-corrected chi connectivity index (χ2v) is 5.48. The summed E-state index contributed by atoms with van der Waals surface area (Å²) in [6.07, 6.45) is 4.10. The van der Waals surface area contributed by atoms with Gasteiger partial charge in [-0.25, -0.2) is 4.98 Å². The number of thiazole rings is 1. The lowest BCUT2D eigenvalue weighted by Crippen LogP contribution is -2.22. The minimum atomic E-state index is 0.260. The van der Waals surface area contributed by atoms with Gasteiger partial charge >= 0.3 is 0 Å². The third-order valence-electron chi connectivity index (χ3n) is 3.37. The van der Waals surface area contributed by atoms with E-state index < -0.39 is 0 Å². The van der Waals surface area contributed by atoms with Gasteiger partial charge in [-0.3, -0.25) is 4.40 Å². The predicted octanol–water partition coefficient (Wildman–Crippen LogP) is 2.62. The van der Waals surface area contributed by atoms with Gasteiger partial charge in [-0.05, 0) is 6.07 Å². The Hall–Kier alpha value is -1.85. The van der Waals surface area contributed by atoms with Crippen molar-refractivity contribution >= 4 is 16.3 Å². The molecule has 1 aromatic carbocycles. The molecule has 2 aromatic heterocycles. The van der Waals surface area contributed by atoms with Crippen molar-refractivity contribution < 1.29 is 4.74 Å². The molecular formula is C14H13N3OS. The van der Waals surface area contributed by atoms with Crippen LogP contribution in [0.2, 0.25) is 0 Å². The maximum atomic E-state index is 5.66. The second-order valence-electron chi connectivity index (χ2n) is 4.61. The Morgan fingerprint density at radius 3 is 3.32 bits per heavy atom. The maximum absolute atomic E-state index is 5.66. The highest BCUT2D eigenvalue weighted by Gasteiger charge is 2.23. The molecule has 3 aromatic rings. The van der Waals surface area contributed by atoms with Crippen LogP contribution >= 0.6 is 11.3 Å². The highest BCUT2D eigenvalue weighted by molar-refractivity contribution is 7.15. The molecule has 0 saturated carbocycles. The van der Waals surface area contributed by atoms with Gasteiger partial charge in [0.1, 0.15) is 12.4 Å². The normalized spacial score (nSPS) is 17.6. The number of hydrogen-bond acceptors (Lipinski definition) is 4. The van der Waals surface area contributed by atoms with E-state index in [0.717, 1.165) is 22.9 Å². The van der Waals surface area contributed by atoms with Crippen LogP contribution in [0.3, 0.4) is 0 Å². The predicted molar refractivity (Wildman–Crippen MR) is 74.6 cm³/mol. The van der Waals surface area contributed by atoms with Crippen molar-refractivity contribution in [1.82, 2.24) is 14.7 Å². The van der Waals surface area contributed by atoms with Gasteiger partial charge in [0.25, 0.3) is 0 Å². The summed E-state index contributed by atoms with van der Waals surface area (Å²) in [5.41, 5.74) is 2.31. The summed E-state index contributed by atoms with van der Waals surface area (Å²) in [4.78, 5) is 5.61. The molecule has 0 amide bonds. The molecule has 1 aliphatic heterocycles. The first-order chi connectivity index (χ1) is 9.40. The van der Waals surface area contributed by atoms with Gasteiger partial charge < -0.3 is 10.1 Å². The number of fused-ring (bicyclic) bond motifs is 2. The summed E-state index contributed by atoms with van der Waals surface area (Å²) in [5, 5.41) is 5.55. The Balaban J connectivity index is 1.50. The zero-order valence-electron chi connectivity index (χ0n) is 10.2. The molecule has 3 heterocycles. The third-order valence-corrected chi connectivity index (χ3v) is 4.14. The van der Waals surface area contributed by atoms with Crippen LogP contribution in [-0.2, 0) is 6.54 Å². The van der Waals surface area contributed by atoms with E-state index >= 15 is 0 Å². The highest BCUT2D eigenvalue weighted by atomic mass is 32.1. The van der Waals surface area contributed by atoms with E-state index in [1.807, 2.05) is 23.7 Å². The van der Waals surface area contributed by atoms with Crippen LogP contribution in [-0.4, -0.2) is 16.0 Å². The zero-order chi connectivity index (χ0) is 12.7. The number of rotatable bonds is 3. The molecule has 1 aliphatic rings. The first kappa shape index (κ1) is 11.0. The van der Waals surface area contributed by atoms with E-state index in [-0.39, 0.29) is 6.04 Å². The number of benzene rings is 1. The van der Waals surface area contributed by atoms with E-state index in [4.69, 9.17) is 4.74 Å². The molecule has 4 nitrogen and oxygen atoms in total. The Morgan fingerprint density at radius 2 is 2.37 bits per heavy atom. The molecule has 0 fully saturated rings. The summed E-state index contributed by atoms with van der Waals surface area (Å²) in [6.45, 7) is 1.46. The van der Waals surface area contributed by atoms with Gasteiger partial charge in [0.15, 0.2) is 4.96 Å². The van der Waals surface area contributed by atoms with Crippen LogP contribution in [0.1, 0.15) is 17.3 Å². The molecule has 0 radical (unpaired) electrons. The number of imidazole rings is 1. The van der Waals surface area contributed by atoms with Crippen LogP contribution in [0.15, 0.2) is 42.0 Å². The van der Waals surface area contributed by atoms with Crippen LogP contribution in [0.25, 0.3) is 4.96 Å². The number of nitrogens with zero attached hydrogens (tertiary/aromatic N) is 2. The number of hydrogen-bond donors (Lipinski definition) is 1. The minimum Gasteiger partial charge on any atom is -0.491 e. The fraction of sp³-hybridized carbons (Fsp3) is 0.214. The van der Waals surface area contributed by atoms with Crippen molar-refractivity contribution in [2.24, 2.45) is 0 Å². The SMILES string of the molecule is c1ccc2c(c1)OCC2NCc1cn2ccsc2n1. The fourth-order valence-electron chi connectivity index (χ4n) is 2.42. The summed E-state index contributed by atoms with van der Waals surface area (Å²) >= 11 is 1.65. The topological polar surface area (TPSA) is 38.6 Å². The lowest BCUT2D eigenvalue weighted by Gasteiger charge is -2.09. The van der Waals surface area contributed by atoms with Crippen molar-refractivity contribution in [2.45, 2.75) is 12.6 Å². The Labute approximate surface area is 114 Å². The minimum absolute atomic E-state index is 0.260. The van der Waals surface area contributed by atoms with Gasteiger partial charge in [-0.2, -0.15) is 0 Å².